The number of carbonyl (C=O) groups excluding carboxylic acids is 4. The van der Waals surface area contributed by atoms with Gasteiger partial charge in [-0.25, -0.2) is 9.48 Å². The zero-order chi connectivity index (χ0) is 26.0. The van der Waals surface area contributed by atoms with Crippen LogP contribution in [0.25, 0.3) is 5.69 Å². The van der Waals surface area contributed by atoms with Crippen LogP contribution in [0.1, 0.15) is 52.4 Å². The maximum Gasteiger partial charge on any atom is 0.329 e. The number of anilines is 1. The summed E-state index contributed by atoms with van der Waals surface area (Å²) in [7, 11) is 0. The molecule has 0 saturated carbocycles. The van der Waals surface area contributed by atoms with Crippen molar-refractivity contribution in [3.05, 3.63) is 77.1 Å². The summed E-state index contributed by atoms with van der Waals surface area (Å²) >= 11 is 0. The van der Waals surface area contributed by atoms with Crippen LogP contribution in [0.2, 0.25) is 0 Å². The first-order valence-corrected chi connectivity index (χ1v) is 11.7. The van der Waals surface area contributed by atoms with Crippen molar-refractivity contribution < 1.29 is 23.9 Å². The standard InChI is InChI=1S/C27H28N4O5/c1-16(2)14-22(30-25(33)20-12-8-9-13-21(20)26(30)34)27(35)36-15-23(32)28-24-17(3)29-31(18(24)4)19-10-6-5-7-11-19/h5-13,16,22H,14-15H2,1-4H3,(H,28,32). The minimum atomic E-state index is -1.13. The smallest absolute Gasteiger partial charge is 0.329 e. The van der Waals surface area contributed by atoms with E-state index in [2.05, 4.69) is 10.4 Å². The molecule has 36 heavy (non-hydrogen) atoms. The number of nitrogens with zero attached hydrogens (tertiary/aromatic N) is 3. The number of esters is 1. The largest absolute Gasteiger partial charge is 0.454 e. The van der Waals surface area contributed by atoms with Crippen molar-refractivity contribution in [1.82, 2.24) is 14.7 Å². The predicted molar refractivity (Wildman–Crippen MR) is 133 cm³/mol. The molecule has 1 aliphatic heterocycles. The SMILES string of the molecule is Cc1nn(-c2ccccc2)c(C)c1NC(=O)COC(=O)C(CC(C)C)N1C(=O)c2ccccc2C1=O. The molecule has 3 amide bonds. The molecule has 9 nitrogen and oxygen atoms in total. The van der Waals surface area contributed by atoms with E-state index in [9.17, 15) is 19.2 Å². The van der Waals surface area contributed by atoms with Gasteiger partial charge in [0.05, 0.1) is 33.9 Å². The molecule has 2 aromatic carbocycles. The normalized spacial score (nSPS) is 13.6. The number of benzene rings is 2. The number of aryl methyl sites for hydroxylation is 1. The number of ether oxygens (including phenoxy) is 1. The molecule has 0 fully saturated rings. The molecule has 0 spiro atoms. The van der Waals surface area contributed by atoms with Gasteiger partial charge in [-0.2, -0.15) is 5.10 Å². The van der Waals surface area contributed by atoms with Gasteiger partial charge in [-0.1, -0.05) is 44.2 Å². The lowest BCUT2D eigenvalue weighted by molar-refractivity contribution is -0.151. The van der Waals surface area contributed by atoms with Crippen LogP contribution in [0, 0.1) is 19.8 Å². The Bertz CT molecular complexity index is 1290. The molecule has 0 saturated heterocycles. The molecular weight excluding hydrogens is 460 g/mol. The second-order valence-corrected chi connectivity index (χ2v) is 9.12. The van der Waals surface area contributed by atoms with Crippen molar-refractivity contribution in [2.45, 2.75) is 40.2 Å². The molecular formula is C27H28N4O5. The van der Waals surface area contributed by atoms with Gasteiger partial charge >= 0.3 is 5.97 Å². The summed E-state index contributed by atoms with van der Waals surface area (Å²) in [5, 5.41) is 7.25. The van der Waals surface area contributed by atoms with Crippen LogP contribution in [0.5, 0.6) is 0 Å². The van der Waals surface area contributed by atoms with Gasteiger partial charge in [0.15, 0.2) is 6.61 Å². The van der Waals surface area contributed by atoms with Gasteiger partial charge in [0.2, 0.25) is 0 Å². The molecule has 3 aromatic rings. The number of para-hydroxylation sites is 1. The van der Waals surface area contributed by atoms with Crippen molar-refractivity contribution in [3.63, 3.8) is 0 Å². The molecule has 1 aromatic heterocycles. The highest BCUT2D eigenvalue weighted by atomic mass is 16.5. The van der Waals surface area contributed by atoms with Crippen molar-refractivity contribution in [1.29, 1.82) is 0 Å². The first kappa shape index (κ1) is 24.8. The van der Waals surface area contributed by atoms with E-state index in [0.29, 0.717) is 11.4 Å². The molecule has 0 bridgehead atoms. The van der Waals surface area contributed by atoms with Crippen LogP contribution in [0.4, 0.5) is 5.69 Å². The fourth-order valence-corrected chi connectivity index (χ4v) is 4.30. The number of hydrogen-bond acceptors (Lipinski definition) is 6. The number of amides is 3. The highest BCUT2D eigenvalue weighted by Gasteiger charge is 2.43. The Labute approximate surface area is 209 Å². The number of rotatable bonds is 8. The second-order valence-electron chi connectivity index (χ2n) is 9.12. The van der Waals surface area contributed by atoms with E-state index < -0.39 is 36.3 Å². The number of nitrogens with one attached hydrogen (secondary N) is 1. The van der Waals surface area contributed by atoms with Crippen molar-refractivity contribution >= 4 is 29.4 Å². The third-order valence-electron chi connectivity index (χ3n) is 6.01. The van der Waals surface area contributed by atoms with Crippen LogP contribution in [-0.4, -0.2) is 51.0 Å². The third-order valence-corrected chi connectivity index (χ3v) is 6.01. The van der Waals surface area contributed by atoms with Crippen molar-refractivity contribution in [3.8, 4) is 5.69 Å². The molecule has 1 atom stereocenters. The maximum absolute atomic E-state index is 13.0. The lowest BCUT2D eigenvalue weighted by Gasteiger charge is -2.25. The van der Waals surface area contributed by atoms with E-state index in [4.69, 9.17) is 4.74 Å². The van der Waals surface area contributed by atoms with E-state index in [-0.39, 0.29) is 23.5 Å². The minimum Gasteiger partial charge on any atom is -0.454 e. The van der Waals surface area contributed by atoms with E-state index >= 15 is 0 Å². The van der Waals surface area contributed by atoms with Gasteiger partial charge in [-0.15, -0.1) is 0 Å². The summed E-state index contributed by atoms with van der Waals surface area (Å²) in [6.07, 6.45) is 0.216. The van der Waals surface area contributed by atoms with E-state index in [1.165, 1.54) is 0 Å². The number of aromatic nitrogens is 2. The Morgan fingerprint density at radius 1 is 0.944 bits per heavy atom. The zero-order valence-electron chi connectivity index (χ0n) is 20.6. The van der Waals surface area contributed by atoms with Gasteiger partial charge in [-0.3, -0.25) is 19.3 Å². The van der Waals surface area contributed by atoms with Crippen LogP contribution in [0.15, 0.2) is 54.6 Å². The van der Waals surface area contributed by atoms with Crippen molar-refractivity contribution in [2.24, 2.45) is 5.92 Å². The Hall–Kier alpha value is -4.27. The fraction of sp³-hybridized carbons (Fsp3) is 0.296. The Morgan fingerprint density at radius 3 is 2.11 bits per heavy atom. The van der Waals surface area contributed by atoms with Gasteiger partial charge < -0.3 is 10.1 Å². The zero-order valence-corrected chi connectivity index (χ0v) is 20.6. The fourth-order valence-electron chi connectivity index (χ4n) is 4.30. The number of fused-ring (bicyclic) bond motifs is 1. The molecule has 4 rings (SSSR count). The van der Waals surface area contributed by atoms with Crippen molar-refractivity contribution in [2.75, 3.05) is 11.9 Å². The molecule has 1 aliphatic rings. The summed E-state index contributed by atoms with van der Waals surface area (Å²) in [5.74, 6) is -2.44. The summed E-state index contributed by atoms with van der Waals surface area (Å²) in [4.78, 5) is 52.5. The summed E-state index contributed by atoms with van der Waals surface area (Å²) < 4.78 is 7.01. The van der Waals surface area contributed by atoms with E-state index in [1.807, 2.05) is 51.1 Å². The third kappa shape index (κ3) is 4.77. The highest BCUT2D eigenvalue weighted by Crippen LogP contribution is 2.28. The Kier molecular flexibility index (Phi) is 7.00. The lowest BCUT2D eigenvalue weighted by atomic mass is 10.0. The van der Waals surface area contributed by atoms with Crippen LogP contribution in [-0.2, 0) is 14.3 Å². The minimum absolute atomic E-state index is 0.00480. The lowest BCUT2D eigenvalue weighted by Crippen LogP contribution is -2.46. The van der Waals surface area contributed by atoms with Crippen LogP contribution < -0.4 is 5.32 Å². The van der Waals surface area contributed by atoms with Crippen LogP contribution in [0.3, 0.4) is 0 Å². The van der Waals surface area contributed by atoms with E-state index in [0.717, 1.165) is 16.3 Å². The number of hydrogen-bond donors (Lipinski definition) is 1. The average Bonchev–Trinajstić information content (AvgIpc) is 3.29. The van der Waals surface area contributed by atoms with Crippen LogP contribution >= 0.6 is 0 Å². The van der Waals surface area contributed by atoms with E-state index in [1.54, 1.807) is 35.9 Å². The number of imide groups is 1. The van der Waals surface area contributed by atoms with Gasteiger partial charge in [0.25, 0.3) is 17.7 Å². The topological polar surface area (TPSA) is 111 Å². The highest BCUT2D eigenvalue weighted by molar-refractivity contribution is 6.22. The summed E-state index contributed by atoms with van der Waals surface area (Å²) in [6.45, 7) is 6.79. The molecule has 0 radical (unpaired) electrons. The molecule has 9 heteroatoms. The quantitative estimate of drug-likeness (QED) is 0.383. The Morgan fingerprint density at radius 2 is 1.53 bits per heavy atom. The first-order valence-electron chi connectivity index (χ1n) is 11.7. The molecule has 2 heterocycles. The van der Waals surface area contributed by atoms with Gasteiger partial charge in [0.1, 0.15) is 6.04 Å². The first-order chi connectivity index (χ1) is 17.2. The second kappa shape index (κ2) is 10.2. The molecule has 186 valence electrons. The van der Waals surface area contributed by atoms with Gasteiger partial charge in [0, 0.05) is 0 Å². The average molecular weight is 489 g/mol. The summed E-state index contributed by atoms with van der Waals surface area (Å²) in [5.41, 5.74) is 3.22. The number of carbonyl (C=O) groups is 4. The molecule has 1 N–H and O–H groups in total. The predicted octanol–water partition coefficient (Wildman–Crippen LogP) is 3.68. The monoisotopic (exact) mass is 488 g/mol. The Balaban J connectivity index is 1.45. The molecule has 0 aliphatic carbocycles. The summed E-state index contributed by atoms with van der Waals surface area (Å²) in [6, 6.07) is 14.8. The maximum atomic E-state index is 13.0. The van der Waals surface area contributed by atoms with Gasteiger partial charge in [-0.05, 0) is 50.5 Å². The molecule has 1 unspecified atom stereocenters.